The quantitative estimate of drug-likeness (QED) is 0.837. The SMILES string of the molecule is COc1ccc(OC)c(C(C)NC2CC(N)C2)c1. The van der Waals surface area contributed by atoms with E-state index in [4.69, 9.17) is 15.2 Å². The predicted molar refractivity (Wildman–Crippen MR) is 72.1 cm³/mol. The van der Waals surface area contributed by atoms with Crippen LogP contribution in [0.1, 0.15) is 31.4 Å². The van der Waals surface area contributed by atoms with Crippen LogP contribution in [0.5, 0.6) is 11.5 Å². The molecule has 1 fully saturated rings. The van der Waals surface area contributed by atoms with Crippen molar-refractivity contribution in [2.75, 3.05) is 14.2 Å². The maximum Gasteiger partial charge on any atom is 0.123 e. The van der Waals surface area contributed by atoms with Gasteiger partial charge < -0.3 is 20.5 Å². The lowest BCUT2D eigenvalue weighted by Crippen LogP contribution is -2.49. The van der Waals surface area contributed by atoms with Gasteiger partial charge in [0.15, 0.2) is 0 Å². The Morgan fingerprint density at radius 1 is 1.28 bits per heavy atom. The highest BCUT2D eigenvalue weighted by Crippen LogP contribution is 2.31. The Morgan fingerprint density at radius 2 is 2.00 bits per heavy atom. The van der Waals surface area contributed by atoms with E-state index in [1.165, 1.54) is 0 Å². The van der Waals surface area contributed by atoms with E-state index < -0.39 is 0 Å². The second kappa shape index (κ2) is 5.59. The molecular formula is C14H22N2O2. The maximum atomic E-state index is 5.80. The van der Waals surface area contributed by atoms with E-state index in [1.54, 1.807) is 14.2 Å². The molecule has 1 unspecified atom stereocenters. The standard InChI is InChI=1S/C14H22N2O2/c1-9(16-11-6-10(15)7-11)13-8-12(17-2)4-5-14(13)18-3/h4-5,8-11,16H,6-7,15H2,1-3H3. The fourth-order valence-corrected chi connectivity index (χ4v) is 2.42. The molecular weight excluding hydrogens is 228 g/mol. The Bertz CT molecular complexity index is 403. The van der Waals surface area contributed by atoms with Gasteiger partial charge in [-0.25, -0.2) is 0 Å². The lowest BCUT2D eigenvalue weighted by molar-refractivity contribution is 0.269. The largest absolute Gasteiger partial charge is 0.497 e. The monoisotopic (exact) mass is 250 g/mol. The van der Waals surface area contributed by atoms with Gasteiger partial charge in [0.25, 0.3) is 0 Å². The molecule has 1 aliphatic carbocycles. The first kappa shape index (κ1) is 13.2. The van der Waals surface area contributed by atoms with Crippen LogP contribution in [-0.2, 0) is 0 Å². The minimum atomic E-state index is 0.229. The van der Waals surface area contributed by atoms with Crippen molar-refractivity contribution in [3.05, 3.63) is 23.8 Å². The first-order chi connectivity index (χ1) is 8.63. The molecule has 0 aliphatic heterocycles. The molecule has 18 heavy (non-hydrogen) atoms. The number of hydrogen-bond acceptors (Lipinski definition) is 4. The Hall–Kier alpha value is -1.26. The maximum absolute atomic E-state index is 5.80. The van der Waals surface area contributed by atoms with Crippen LogP contribution in [0.15, 0.2) is 18.2 Å². The van der Waals surface area contributed by atoms with E-state index in [1.807, 2.05) is 18.2 Å². The molecule has 0 spiro atoms. The summed E-state index contributed by atoms with van der Waals surface area (Å²) in [5.74, 6) is 1.74. The van der Waals surface area contributed by atoms with E-state index in [9.17, 15) is 0 Å². The summed E-state index contributed by atoms with van der Waals surface area (Å²) in [6.45, 7) is 2.14. The van der Waals surface area contributed by atoms with Crippen LogP contribution in [0, 0.1) is 0 Å². The molecule has 1 saturated carbocycles. The van der Waals surface area contributed by atoms with Gasteiger partial charge in [-0.2, -0.15) is 0 Å². The van der Waals surface area contributed by atoms with Gasteiger partial charge in [-0.15, -0.1) is 0 Å². The van der Waals surface area contributed by atoms with Crippen LogP contribution in [0.3, 0.4) is 0 Å². The van der Waals surface area contributed by atoms with Gasteiger partial charge in [-0.3, -0.25) is 0 Å². The smallest absolute Gasteiger partial charge is 0.123 e. The zero-order valence-electron chi connectivity index (χ0n) is 11.3. The van der Waals surface area contributed by atoms with Crippen LogP contribution >= 0.6 is 0 Å². The summed E-state index contributed by atoms with van der Waals surface area (Å²) in [6, 6.07) is 6.99. The molecule has 1 atom stereocenters. The zero-order chi connectivity index (χ0) is 13.1. The first-order valence-electron chi connectivity index (χ1n) is 6.37. The minimum absolute atomic E-state index is 0.229. The number of nitrogens with one attached hydrogen (secondary N) is 1. The third-order valence-electron chi connectivity index (χ3n) is 3.56. The topological polar surface area (TPSA) is 56.5 Å². The summed E-state index contributed by atoms with van der Waals surface area (Å²) >= 11 is 0. The van der Waals surface area contributed by atoms with E-state index in [0.29, 0.717) is 12.1 Å². The van der Waals surface area contributed by atoms with Crippen molar-refractivity contribution in [2.45, 2.75) is 37.9 Å². The van der Waals surface area contributed by atoms with Crippen molar-refractivity contribution < 1.29 is 9.47 Å². The van der Waals surface area contributed by atoms with Gasteiger partial charge in [-0.05, 0) is 38.0 Å². The summed E-state index contributed by atoms with van der Waals surface area (Å²) in [4.78, 5) is 0. The van der Waals surface area contributed by atoms with Crippen molar-refractivity contribution in [1.82, 2.24) is 5.32 Å². The highest BCUT2D eigenvalue weighted by Gasteiger charge is 2.27. The molecule has 1 aromatic carbocycles. The molecule has 1 aliphatic rings. The van der Waals surface area contributed by atoms with Gasteiger partial charge in [0.2, 0.25) is 0 Å². The second-order valence-corrected chi connectivity index (χ2v) is 4.92. The van der Waals surface area contributed by atoms with Crippen molar-refractivity contribution >= 4 is 0 Å². The van der Waals surface area contributed by atoms with Crippen LogP contribution in [-0.4, -0.2) is 26.3 Å². The van der Waals surface area contributed by atoms with Crippen LogP contribution in [0.4, 0.5) is 0 Å². The van der Waals surface area contributed by atoms with Gasteiger partial charge in [0.05, 0.1) is 14.2 Å². The van der Waals surface area contributed by atoms with Crippen LogP contribution in [0.2, 0.25) is 0 Å². The molecule has 100 valence electrons. The molecule has 2 rings (SSSR count). The number of rotatable bonds is 5. The van der Waals surface area contributed by atoms with Crippen molar-refractivity contribution in [3.8, 4) is 11.5 Å². The molecule has 1 aromatic rings. The van der Waals surface area contributed by atoms with Crippen LogP contribution in [0.25, 0.3) is 0 Å². The molecule has 0 heterocycles. The summed E-state index contributed by atoms with van der Waals surface area (Å²) in [5, 5.41) is 3.57. The highest BCUT2D eigenvalue weighted by atomic mass is 16.5. The number of hydrogen-bond donors (Lipinski definition) is 2. The summed E-state index contributed by atoms with van der Waals surface area (Å²) in [5.41, 5.74) is 6.92. The summed E-state index contributed by atoms with van der Waals surface area (Å²) in [6.07, 6.45) is 2.10. The molecule has 0 bridgehead atoms. The van der Waals surface area contributed by atoms with E-state index >= 15 is 0 Å². The van der Waals surface area contributed by atoms with Gasteiger partial charge in [0.1, 0.15) is 11.5 Å². The summed E-state index contributed by atoms with van der Waals surface area (Å²) < 4.78 is 10.7. The molecule has 0 aromatic heterocycles. The Labute approximate surface area is 108 Å². The van der Waals surface area contributed by atoms with E-state index in [-0.39, 0.29) is 6.04 Å². The second-order valence-electron chi connectivity index (χ2n) is 4.92. The Kier molecular flexibility index (Phi) is 4.09. The Morgan fingerprint density at radius 3 is 2.56 bits per heavy atom. The molecule has 0 amide bonds. The van der Waals surface area contributed by atoms with Crippen LogP contribution < -0.4 is 20.5 Å². The molecule has 3 N–H and O–H groups in total. The lowest BCUT2D eigenvalue weighted by Gasteiger charge is -2.35. The fraction of sp³-hybridized carbons (Fsp3) is 0.571. The van der Waals surface area contributed by atoms with Gasteiger partial charge in [-0.1, -0.05) is 0 Å². The molecule has 4 nitrogen and oxygen atoms in total. The molecule has 0 radical (unpaired) electrons. The summed E-state index contributed by atoms with van der Waals surface area (Å²) in [7, 11) is 3.37. The Balaban J connectivity index is 2.09. The minimum Gasteiger partial charge on any atom is -0.497 e. The van der Waals surface area contributed by atoms with Gasteiger partial charge >= 0.3 is 0 Å². The number of methoxy groups -OCH3 is 2. The molecule has 0 saturated heterocycles. The first-order valence-corrected chi connectivity index (χ1v) is 6.37. The van der Waals surface area contributed by atoms with E-state index in [2.05, 4.69) is 12.2 Å². The van der Waals surface area contributed by atoms with Crippen molar-refractivity contribution in [2.24, 2.45) is 5.73 Å². The third-order valence-corrected chi connectivity index (χ3v) is 3.56. The number of nitrogens with two attached hydrogens (primary N) is 1. The zero-order valence-corrected chi connectivity index (χ0v) is 11.3. The normalized spacial score (nSPS) is 24.2. The van der Waals surface area contributed by atoms with Crippen molar-refractivity contribution in [1.29, 1.82) is 0 Å². The van der Waals surface area contributed by atoms with E-state index in [0.717, 1.165) is 29.9 Å². The van der Waals surface area contributed by atoms with Crippen molar-refractivity contribution in [3.63, 3.8) is 0 Å². The molecule has 4 heteroatoms. The predicted octanol–water partition coefficient (Wildman–Crippen LogP) is 1.84. The third kappa shape index (κ3) is 2.76. The number of benzene rings is 1. The average Bonchev–Trinajstić information content (AvgIpc) is 2.36. The lowest BCUT2D eigenvalue weighted by atomic mass is 9.86. The van der Waals surface area contributed by atoms with Gasteiger partial charge in [0, 0.05) is 23.7 Å². The highest BCUT2D eigenvalue weighted by molar-refractivity contribution is 5.42. The fourth-order valence-electron chi connectivity index (χ4n) is 2.42. The average molecular weight is 250 g/mol. The number of ether oxygens (including phenoxy) is 2.